The van der Waals surface area contributed by atoms with E-state index in [0.717, 1.165) is 5.69 Å². The molecule has 24 heavy (non-hydrogen) atoms. The zero-order valence-electron chi connectivity index (χ0n) is 14.8. The molecule has 0 aliphatic rings. The molecule has 1 N–H and O–H groups in total. The molecular formula is C17H24N4O3. The summed E-state index contributed by atoms with van der Waals surface area (Å²) in [7, 11) is 1.33. The van der Waals surface area contributed by atoms with Crippen LogP contribution >= 0.6 is 0 Å². The third-order valence-corrected chi connectivity index (χ3v) is 3.75. The number of ether oxygens (including phenoxy) is 1. The average Bonchev–Trinajstić information content (AvgIpc) is 2.97. The Morgan fingerprint density at radius 1 is 1.29 bits per heavy atom. The highest BCUT2D eigenvalue weighted by Crippen LogP contribution is 2.24. The fourth-order valence-electron chi connectivity index (χ4n) is 2.37. The molecule has 7 heteroatoms. The van der Waals surface area contributed by atoms with E-state index in [1.807, 2.05) is 32.4 Å². The van der Waals surface area contributed by atoms with E-state index >= 15 is 0 Å². The van der Waals surface area contributed by atoms with E-state index < -0.39 is 0 Å². The number of hydrogen-bond donors (Lipinski definition) is 1. The summed E-state index contributed by atoms with van der Waals surface area (Å²) >= 11 is 0. The molecule has 2 rings (SSSR count). The molecule has 7 nitrogen and oxygen atoms in total. The van der Waals surface area contributed by atoms with Crippen molar-refractivity contribution < 1.29 is 14.3 Å². The zero-order valence-corrected chi connectivity index (χ0v) is 14.8. The van der Waals surface area contributed by atoms with Gasteiger partial charge in [0.2, 0.25) is 0 Å². The van der Waals surface area contributed by atoms with Crippen LogP contribution in [0, 0.1) is 0 Å². The number of fused-ring (bicyclic) bond motifs is 1. The summed E-state index contributed by atoms with van der Waals surface area (Å²) in [5, 5.41) is 7.83. The summed E-state index contributed by atoms with van der Waals surface area (Å²) < 4.78 is 6.39. The summed E-state index contributed by atoms with van der Waals surface area (Å²) in [5.74, 6) is -0.409. The molecule has 0 aliphatic carbocycles. The molecule has 2 heterocycles. The number of carbonyl (C=O) groups excluding carboxylic acids is 2. The Hall–Kier alpha value is -2.44. The van der Waals surface area contributed by atoms with Crippen LogP contribution in [0.4, 0.5) is 0 Å². The smallest absolute Gasteiger partial charge is 0.307 e. The first-order valence-corrected chi connectivity index (χ1v) is 8.08. The second-order valence-electron chi connectivity index (χ2n) is 6.25. The highest BCUT2D eigenvalue weighted by Gasteiger charge is 2.18. The van der Waals surface area contributed by atoms with Gasteiger partial charge in [0.1, 0.15) is 0 Å². The minimum absolute atomic E-state index is 0.138. The Labute approximate surface area is 141 Å². The number of methoxy groups -OCH3 is 1. The number of nitrogens with zero attached hydrogens (tertiary/aromatic N) is 3. The maximum Gasteiger partial charge on any atom is 0.307 e. The number of rotatable bonds is 6. The van der Waals surface area contributed by atoms with Crippen LogP contribution in [0.15, 0.2) is 12.3 Å². The largest absolute Gasteiger partial charge is 0.469 e. The van der Waals surface area contributed by atoms with Gasteiger partial charge in [-0.25, -0.2) is 9.67 Å². The number of carbonyl (C=O) groups is 2. The highest BCUT2D eigenvalue weighted by atomic mass is 16.5. The van der Waals surface area contributed by atoms with E-state index in [0.29, 0.717) is 16.6 Å². The molecule has 0 fully saturated rings. The van der Waals surface area contributed by atoms with Gasteiger partial charge in [-0.3, -0.25) is 9.59 Å². The molecule has 1 amide bonds. The van der Waals surface area contributed by atoms with Gasteiger partial charge in [-0.05, 0) is 25.8 Å². The highest BCUT2D eigenvalue weighted by molar-refractivity contribution is 6.05. The van der Waals surface area contributed by atoms with E-state index in [2.05, 4.69) is 20.1 Å². The quantitative estimate of drug-likeness (QED) is 0.821. The van der Waals surface area contributed by atoms with Crippen LogP contribution in [0.5, 0.6) is 0 Å². The first-order valence-electron chi connectivity index (χ1n) is 8.08. The summed E-state index contributed by atoms with van der Waals surface area (Å²) in [4.78, 5) is 28.4. The van der Waals surface area contributed by atoms with Crippen molar-refractivity contribution in [1.82, 2.24) is 20.1 Å². The lowest BCUT2D eigenvalue weighted by molar-refractivity contribution is -0.140. The van der Waals surface area contributed by atoms with Crippen molar-refractivity contribution in [2.45, 2.75) is 46.1 Å². The van der Waals surface area contributed by atoms with E-state index in [-0.39, 0.29) is 36.8 Å². The third-order valence-electron chi connectivity index (χ3n) is 3.75. The first kappa shape index (κ1) is 17.9. The molecule has 0 saturated heterocycles. The van der Waals surface area contributed by atoms with Crippen molar-refractivity contribution >= 4 is 22.9 Å². The van der Waals surface area contributed by atoms with Gasteiger partial charge in [0.25, 0.3) is 5.91 Å². The molecule has 2 aromatic heterocycles. The Kier molecular flexibility index (Phi) is 5.54. The lowest BCUT2D eigenvalue weighted by Gasteiger charge is -2.12. The van der Waals surface area contributed by atoms with Gasteiger partial charge in [-0.2, -0.15) is 5.10 Å². The lowest BCUT2D eigenvalue weighted by Crippen LogP contribution is -2.26. The predicted molar refractivity (Wildman–Crippen MR) is 91.0 cm³/mol. The number of aromatic nitrogens is 3. The number of nitrogens with one attached hydrogen (secondary N) is 1. The van der Waals surface area contributed by atoms with E-state index in [1.165, 1.54) is 7.11 Å². The zero-order chi connectivity index (χ0) is 17.9. The van der Waals surface area contributed by atoms with E-state index in [1.54, 1.807) is 12.3 Å². The second kappa shape index (κ2) is 7.42. The number of amides is 1. The average molecular weight is 332 g/mol. The summed E-state index contributed by atoms with van der Waals surface area (Å²) in [6.45, 7) is 8.33. The predicted octanol–water partition coefficient (Wildman–Crippen LogP) is 2.43. The standard InChI is InChI=1S/C17H24N4O3/c1-10(2)14-8-12(17(23)18-7-6-15(22)24-5)13-9-19-21(11(3)4)16(13)20-14/h8-11H,6-7H2,1-5H3,(H,18,23). The molecular weight excluding hydrogens is 308 g/mol. The van der Waals surface area contributed by atoms with Crippen LogP contribution in [0.25, 0.3) is 11.0 Å². The molecule has 0 atom stereocenters. The summed E-state index contributed by atoms with van der Waals surface area (Å²) in [6.07, 6.45) is 1.81. The normalized spacial score (nSPS) is 11.3. The third kappa shape index (κ3) is 3.72. The molecule has 0 radical (unpaired) electrons. The topological polar surface area (TPSA) is 86.1 Å². The molecule has 0 bridgehead atoms. The number of esters is 1. The second-order valence-corrected chi connectivity index (χ2v) is 6.25. The lowest BCUT2D eigenvalue weighted by atomic mass is 10.0. The molecule has 0 unspecified atom stereocenters. The fourth-order valence-corrected chi connectivity index (χ4v) is 2.37. The van der Waals surface area contributed by atoms with Crippen molar-refractivity contribution in [2.75, 3.05) is 13.7 Å². The molecule has 130 valence electrons. The van der Waals surface area contributed by atoms with Gasteiger partial charge in [0, 0.05) is 18.3 Å². The maximum atomic E-state index is 12.6. The van der Waals surface area contributed by atoms with Crippen LogP contribution < -0.4 is 5.32 Å². The molecule has 2 aromatic rings. The van der Waals surface area contributed by atoms with Gasteiger partial charge in [-0.15, -0.1) is 0 Å². The maximum absolute atomic E-state index is 12.6. The van der Waals surface area contributed by atoms with Gasteiger partial charge in [0.05, 0.1) is 30.7 Å². The summed E-state index contributed by atoms with van der Waals surface area (Å²) in [5.41, 5.74) is 2.07. The van der Waals surface area contributed by atoms with Gasteiger partial charge in [0.15, 0.2) is 5.65 Å². The van der Waals surface area contributed by atoms with Gasteiger partial charge in [-0.1, -0.05) is 13.8 Å². The minimum atomic E-state index is -0.356. The van der Waals surface area contributed by atoms with Gasteiger partial charge < -0.3 is 10.1 Å². The first-order chi connectivity index (χ1) is 11.3. The fraction of sp³-hybridized carbons (Fsp3) is 0.529. The molecule has 0 aromatic carbocycles. The van der Waals surface area contributed by atoms with Crippen molar-refractivity contribution in [3.05, 3.63) is 23.5 Å². The van der Waals surface area contributed by atoms with Crippen LogP contribution in [-0.2, 0) is 9.53 Å². The Morgan fingerprint density at radius 3 is 2.58 bits per heavy atom. The van der Waals surface area contributed by atoms with Crippen LogP contribution in [-0.4, -0.2) is 40.3 Å². The Morgan fingerprint density at radius 2 is 2.00 bits per heavy atom. The van der Waals surface area contributed by atoms with Crippen molar-refractivity contribution in [1.29, 1.82) is 0 Å². The monoisotopic (exact) mass is 332 g/mol. The molecule has 0 aliphatic heterocycles. The van der Waals surface area contributed by atoms with Crippen LogP contribution in [0.1, 0.15) is 62.1 Å². The van der Waals surface area contributed by atoms with Crippen molar-refractivity contribution in [3.63, 3.8) is 0 Å². The van der Waals surface area contributed by atoms with Crippen molar-refractivity contribution in [2.24, 2.45) is 0 Å². The van der Waals surface area contributed by atoms with Crippen molar-refractivity contribution in [3.8, 4) is 0 Å². The van der Waals surface area contributed by atoms with Gasteiger partial charge >= 0.3 is 5.97 Å². The molecule has 0 saturated carbocycles. The van der Waals surface area contributed by atoms with Crippen LogP contribution in [0.3, 0.4) is 0 Å². The van der Waals surface area contributed by atoms with Crippen LogP contribution in [0.2, 0.25) is 0 Å². The number of pyridine rings is 1. The minimum Gasteiger partial charge on any atom is -0.469 e. The van der Waals surface area contributed by atoms with E-state index in [4.69, 9.17) is 0 Å². The summed E-state index contributed by atoms with van der Waals surface area (Å²) in [6, 6.07) is 1.94. The number of hydrogen-bond acceptors (Lipinski definition) is 5. The Balaban J connectivity index is 2.37. The SMILES string of the molecule is COC(=O)CCNC(=O)c1cc(C(C)C)nc2c1cnn2C(C)C. The Bertz CT molecular complexity index is 750. The molecule has 0 spiro atoms. The van der Waals surface area contributed by atoms with E-state index in [9.17, 15) is 9.59 Å².